The van der Waals surface area contributed by atoms with Crippen molar-refractivity contribution in [3.05, 3.63) is 46.5 Å². The first-order valence-electron chi connectivity index (χ1n) is 21.1. The SMILES string of the molecule is CCCN1CC(C)(O)Cn2c1nc1c(N)nc3ccccc3c12.Cc1c(C)c2c(c(C)c1O)CC[C@@](C)(CCC[C@H](C)CCC[C@H](C)CCCC(C)C)O2. The molecule has 2 aliphatic rings. The van der Waals surface area contributed by atoms with Crippen LogP contribution in [0.3, 0.4) is 0 Å². The molecule has 4 N–H and O–H groups in total. The number of aliphatic hydroxyl groups is 1. The van der Waals surface area contributed by atoms with Crippen molar-refractivity contribution in [3.8, 4) is 11.5 Å². The normalized spacial score (nSPS) is 20.7. The molecule has 4 aromatic rings. The fourth-order valence-electron chi connectivity index (χ4n) is 8.83. The van der Waals surface area contributed by atoms with Crippen LogP contribution in [0.25, 0.3) is 21.9 Å². The molecule has 2 aromatic heterocycles. The predicted octanol–water partition coefficient (Wildman–Crippen LogP) is 11.0. The van der Waals surface area contributed by atoms with Gasteiger partial charge in [0.15, 0.2) is 5.82 Å². The molecule has 0 fully saturated rings. The lowest BCUT2D eigenvalue weighted by Gasteiger charge is -2.38. The molecular weight excluding hydrogens is 671 g/mol. The number of aromatic nitrogens is 3. The van der Waals surface area contributed by atoms with Gasteiger partial charge in [0.05, 0.1) is 29.7 Å². The van der Waals surface area contributed by atoms with Crippen molar-refractivity contribution in [3.63, 3.8) is 0 Å². The number of rotatable bonds is 14. The number of phenolic OH excluding ortho intramolecular Hbond substituents is 1. The first-order chi connectivity index (χ1) is 25.5. The van der Waals surface area contributed by atoms with Gasteiger partial charge in [0, 0.05) is 17.5 Å². The van der Waals surface area contributed by atoms with E-state index in [0.29, 0.717) is 24.7 Å². The van der Waals surface area contributed by atoms with E-state index in [2.05, 4.69) is 62.9 Å². The summed E-state index contributed by atoms with van der Waals surface area (Å²) in [6.45, 7) is 23.9. The Morgan fingerprint density at radius 3 is 2.19 bits per heavy atom. The van der Waals surface area contributed by atoms with Crippen LogP contribution in [0.1, 0.15) is 141 Å². The van der Waals surface area contributed by atoms with E-state index < -0.39 is 5.60 Å². The lowest BCUT2D eigenvalue weighted by molar-refractivity contribution is 0.0416. The monoisotopic (exact) mass is 742 g/mol. The van der Waals surface area contributed by atoms with Crippen LogP contribution in [-0.2, 0) is 13.0 Å². The van der Waals surface area contributed by atoms with Crippen LogP contribution >= 0.6 is 0 Å². The van der Waals surface area contributed by atoms with Crippen molar-refractivity contribution in [2.75, 3.05) is 23.7 Å². The van der Waals surface area contributed by atoms with E-state index >= 15 is 0 Å². The Kier molecular flexibility index (Phi) is 13.5. The highest BCUT2D eigenvalue weighted by molar-refractivity contribution is 6.07. The maximum Gasteiger partial charge on any atom is 0.206 e. The van der Waals surface area contributed by atoms with E-state index in [9.17, 15) is 10.2 Å². The molecule has 0 spiro atoms. The molecule has 54 heavy (non-hydrogen) atoms. The summed E-state index contributed by atoms with van der Waals surface area (Å²) in [6, 6.07) is 7.93. The Bertz CT molecular complexity index is 1880. The molecule has 0 aliphatic carbocycles. The van der Waals surface area contributed by atoms with E-state index in [1.54, 1.807) is 0 Å². The fourth-order valence-corrected chi connectivity index (χ4v) is 8.83. The fraction of sp³-hybridized carbons (Fsp3) is 0.652. The van der Waals surface area contributed by atoms with Gasteiger partial charge in [-0.25, -0.2) is 9.97 Å². The molecule has 4 atom stereocenters. The number of para-hydroxylation sites is 1. The van der Waals surface area contributed by atoms with Crippen LogP contribution in [0.2, 0.25) is 0 Å². The second-order valence-corrected chi connectivity index (χ2v) is 18.1. The van der Waals surface area contributed by atoms with Gasteiger partial charge >= 0.3 is 0 Å². The molecule has 6 rings (SSSR count). The van der Waals surface area contributed by atoms with Gasteiger partial charge in [-0.05, 0) is 107 Å². The number of pyridine rings is 1. The molecule has 2 aromatic carbocycles. The van der Waals surface area contributed by atoms with Crippen LogP contribution in [0.4, 0.5) is 11.8 Å². The third-order valence-corrected chi connectivity index (χ3v) is 12.3. The summed E-state index contributed by atoms with van der Waals surface area (Å²) >= 11 is 0. The van der Waals surface area contributed by atoms with Crippen LogP contribution < -0.4 is 15.4 Å². The molecule has 0 saturated carbocycles. The van der Waals surface area contributed by atoms with E-state index in [4.69, 9.17) is 15.5 Å². The topological polar surface area (TPSA) is 110 Å². The minimum absolute atomic E-state index is 0.0712. The maximum absolute atomic E-state index is 10.7. The number of imidazole rings is 1. The Balaban J connectivity index is 0.000000216. The molecule has 8 nitrogen and oxygen atoms in total. The standard InChI is InChI=1S/C29H50O2.C17H21N5O/c1-20(2)12-9-13-21(3)14-10-15-22(4)16-11-18-29(8)19-17-26-25(7)27(30)23(5)24(6)28(26)31-29;1-3-8-21-9-17(2,23)10-22-14-11-6-4-5-7-12(11)19-15(18)13(14)20-16(21)22/h20-22,30H,9-19H2,1-8H3;4-7,23H,3,8-10H2,1-2H3,(H2,18,19)/t21-,22-,29-;/m1./s1. The van der Waals surface area contributed by atoms with Gasteiger partial charge in [-0.2, -0.15) is 0 Å². The number of nitrogens with zero attached hydrogens (tertiary/aromatic N) is 4. The van der Waals surface area contributed by atoms with Gasteiger partial charge in [0.25, 0.3) is 0 Å². The zero-order valence-corrected chi connectivity index (χ0v) is 35.3. The maximum atomic E-state index is 10.7. The molecule has 0 radical (unpaired) electrons. The first-order valence-corrected chi connectivity index (χ1v) is 21.1. The number of β-amino-alcohol motifs (C(OH)–C–C–N with tert-alkyl or cyclic N) is 1. The number of fused-ring (bicyclic) bond motifs is 6. The number of nitrogen functional groups attached to an aromatic ring is 1. The zero-order chi connectivity index (χ0) is 39.4. The number of hydrogen-bond acceptors (Lipinski definition) is 7. The predicted molar refractivity (Wildman–Crippen MR) is 227 cm³/mol. The van der Waals surface area contributed by atoms with Crippen molar-refractivity contribution in [2.45, 2.75) is 164 Å². The number of aromatic hydroxyl groups is 1. The van der Waals surface area contributed by atoms with Gasteiger partial charge < -0.3 is 30.2 Å². The molecular formula is C46H71N5O3. The van der Waals surface area contributed by atoms with Crippen molar-refractivity contribution in [1.82, 2.24) is 14.5 Å². The van der Waals surface area contributed by atoms with Crippen molar-refractivity contribution < 1.29 is 14.9 Å². The number of benzene rings is 2. The highest BCUT2D eigenvalue weighted by Crippen LogP contribution is 2.44. The van der Waals surface area contributed by atoms with E-state index in [1.807, 2.05) is 45.0 Å². The Labute approximate surface area is 325 Å². The quantitative estimate of drug-likeness (QED) is 0.118. The number of hydrogen-bond donors (Lipinski definition) is 3. The molecule has 2 aliphatic heterocycles. The van der Waals surface area contributed by atoms with Crippen LogP contribution in [0.15, 0.2) is 24.3 Å². The second kappa shape index (κ2) is 17.5. The van der Waals surface area contributed by atoms with Gasteiger partial charge in [-0.3, -0.25) is 0 Å². The summed E-state index contributed by atoms with van der Waals surface area (Å²) in [7, 11) is 0. The molecule has 4 heterocycles. The largest absolute Gasteiger partial charge is 0.507 e. The first kappa shape index (κ1) is 41.6. The average molecular weight is 742 g/mol. The molecule has 1 unspecified atom stereocenters. The highest BCUT2D eigenvalue weighted by Gasteiger charge is 2.36. The second-order valence-electron chi connectivity index (χ2n) is 18.1. The Morgan fingerprint density at radius 1 is 0.870 bits per heavy atom. The molecule has 0 bridgehead atoms. The third kappa shape index (κ3) is 9.64. The van der Waals surface area contributed by atoms with Gasteiger partial charge in [0.1, 0.15) is 22.6 Å². The summed E-state index contributed by atoms with van der Waals surface area (Å²) in [5.41, 5.74) is 12.1. The smallest absolute Gasteiger partial charge is 0.206 e. The van der Waals surface area contributed by atoms with E-state index in [0.717, 1.165) is 100 Å². The molecule has 298 valence electrons. The summed E-state index contributed by atoms with van der Waals surface area (Å²) in [6.07, 6.45) is 15.0. The number of anilines is 2. The van der Waals surface area contributed by atoms with Crippen molar-refractivity contribution >= 4 is 33.7 Å². The van der Waals surface area contributed by atoms with Gasteiger partial charge in [-0.15, -0.1) is 0 Å². The molecule has 8 heteroatoms. The summed E-state index contributed by atoms with van der Waals surface area (Å²) in [5, 5.41) is 22.1. The molecule has 0 amide bonds. The summed E-state index contributed by atoms with van der Waals surface area (Å²) < 4.78 is 8.70. The number of nitrogens with two attached hydrogens (primary N) is 1. The van der Waals surface area contributed by atoms with Gasteiger partial charge in [-0.1, -0.05) is 97.8 Å². The lowest BCUT2D eigenvalue weighted by atomic mass is 9.84. The lowest BCUT2D eigenvalue weighted by Crippen LogP contribution is -2.49. The average Bonchev–Trinajstić information content (AvgIpc) is 3.49. The molecule has 0 saturated heterocycles. The number of phenols is 1. The minimum atomic E-state index is -0.797. The van der Waals surface area contributed by atoms with Crippen LogP contribution in [0.5, 0.6) is 11.5 Å². The summed E-state index contributed by atoms with van der Waals surface area (Å²) in [5.74, 6) is 5.35. The van der Waals surface area contributed by atoms with Crippen molar-refractivity contribution in [2.24, 2.45) is 17.8 Å². The van der Waals surface area contributed by atoms with Gasteiger partial charge in [0.2, 0.25) is 5.95 Å². The van der Waals surface area contributed by atoms with E-state index in [1.165, 1.54) is 56.9 Å². The summed E-state index contributed by atoms with van der Waals surface area (Å²) in [4.78, 5) is 11.4. The highest BCUT2D eigenvalue weighted by atomic mass is 16.5. The van der Waals surface area contributed by atoms with Crippen molar-refractivity contribution in [1.29, 1.82) is 0 Å². The Hall–Kier alpha value is -3.52. The van der Waals surface area contributed by atoms with Crippen LogP contribution in [-0.4, -0.2) is 49.0 Å². The zero-order valence-electron chi connectivity index (χ0n) is 35.3. The Morgan fingerprint density at radius 2 is 1.52 bits per heavy atom. The number of ether oxygens (including phenoxy) is 1. The minimum Gasteiger partial charge on any atom is -0.507 e. The van der Waals surface area contributed by atoms with Crippen LogP contribution in [0, 0.1) is 38.5 Å². The third-order valence-electron chi connectivity index (χ3n) is 12.3. The van der Waals surface area contributed by atoms with E-state index in [-0.39, 0.29) is 5.60 Å².